The highest BCUT2D eigenvalue weighted by Gasteiger charge is 2.39. The number of benzene rings is 2. The van der Waals surface area contributed by atoms with Crippen molar-refractivity contribution in [2.45, 2.75) is 11.3 Å². The first-order valence-corrected chi connectivity index (χ1v) is 8.19. The van der Waals surface area contributed by atoms with Crippen molar-refractivity contribution in [3.8, 4) is 11.5 Å². The van der Waals surface area contributed by atoms with Crippen molar-refractivity contribution >= 4 is 15.6 Å². The van der Waals surface area contributed by atoms with Crippen molar-refractivity contribution in [3.63, 3.8) is 0 Å². The molecule has 24 heavy (non-hydrogen) atoms. The number of ether oxygens (including phenoxy) is 1. The summed E-state index contributed by atoms with van der Waals surface area (Å²) in [4.78, 5) is 11.3. The maximum atomic E-state index is 13.4. The summed E-state index contributed by atoms with van der Waals surface area (Å²) in [7, 11) is -3.97. The second-order valence-corrected chi connectivity index (χ2v) is 7.00. The molecule has 126 valence electrons. The molecule has 0 atom stereocenters. The van der Waals surface area contributed by atoms with Gasteiger partial charge in [0, 0.05) is 23.8 Å². The van der Waals surface area contributed by atoms with Gasteiger partial charge in [-0.1, -0.05) is 0 Å². The van der Waals surface area contributed by atoms with Crippen LogP contribution < -0.4 is 4.74 Å². The van der Waals surface area contributed by atoms with Gasteiger partial charge in [0.2, 0.25) is 0 Å². The summed E-state index contributed by atoms with van der Waals surface area (Å²) in [6.45, 7) is 0. The van der Waals surface area contributed by atoms with E-state index in [0.29, 0.717) is 6.07 Å². The molecule has 0 N–H and O–H groups in total. The van der Waals surface area contributed by atoms with Gasteiger partial charge in [0.25, 0.3) is 6.43 Å². The van der Waals surface area contributed by atoms with Crippen molar-refractivity contribution in [2.24, 2.45) is 0 Å². The van der Waals surface area contributed by atoms with Crippen LogP contribution >= 0.6 is 0 Å². The van der Waals surface area contributed by atoms with Crippen LogP contribution in [0.3, 0.4) is 0 Å². The zero-order valence-electron chi connectivity index (χ0n) is 11.7. The van der Waals surface area contributed by atoms with E-state index in [1.165, 1.54) is 0 Å². The SMILES string of the molecule is O=C1CS(=O)(=O)c2ccc(Oc3cc(F)cc(F)c3)c(C(F)F)c21. The molecule has 0 unspecified atom stereocenters. The summed E-state index contributed by atoms with van der Waals surface area (Å²) in [6.07, 6.45) is -3.22. The van der Waals surface area contributed by atoms with Crippen LogP contribution in [0.2, 0.25) is 0 Å². The van der Waals surface area contributed by atoms with E-state index in [1.54, 1.807) is 0 Å². The molecule has 1 heterocycles. The Bertz CT molecular complexity index is 934. The van der Waals surface area contributed by atoms with Gasteiger partial charge in [0.05, 0.1) is 10.5 Å². The number of Topliss-reactive ketones (excluding diaryl/α,β-unsaturated/α-hetero) is 1. The van der Waals surface area contributed by atoms with Gasteiger partial charge >= 0.3 is 0 Å². The Morgan fingerprint density at radius 3 is 2.25 bits per heavy atom. The van der Waals surface area contributed by atoms with Crippen LogP contribution in [0.5, 0.6) is 11.5 Å². The third-order valence-corrected chi connectivity index (χ3v) is 5.04. The Hall–Kier alpha value is -2.42. The number of carbonyl (C=O) groups is 1. The lowest BCUT2D eigenvalue weighted by molar-refractivity contribution is 0.100. The fourth-order valence-electron chi connectivity index (χ4n) is 2.47. The first-order chi connectivity index (χ1) is 11.2. The molecular weight excluding hydrogens is 352 g/mol. The molecule has 9 heteroatoms. The molecule has 0 fully saturated rings. The topological polar surface area (TPSA) is 60.4 Å². The third kappa shape index (κ3) is 2.75. The second kappa shape index (κ2) is 5.59. The summed E-state index contributed by atoms with van der Waals surface area (Å²) in [5.74, 6) is -4.79. The van der Waals surface area contributed by atoms with E-state index in [0.717, 1.165) is 24.3 Å². The van der Waals surface area contributed by atoms with E-state index in [9.17, 15) is 30.8 Å². The van der Waals surface area contributed by atoms with E-state index in [-0.39, 0.29) is 0 Å². The molecule has 0 saturated heterocycles. The third-order valence-electron chi connectivity index (χ3n) is 3.38. The molecule has 2 aromatic carbocycles. The lowest BCUT2D eigenvalue weighted by Crippen LogP contribution is -2.05. The lowest BCUT2D eigenvalue weighted by atomic mass is 10.0. The quantitative estimate of drug-likeness (QED) is 0.784. The number of rotatable bonds is 3. The molecule has 0 saturated carbocycles. The number of carbonyl (C=O) groups excluding carboxylic acids is 1. The van der Waals surface area contributed by atoms with Gasteiger partial charge in [0.1, 0.15) is 28.9 Å². The zero-order valence-corrected chi connectivity index (χ0v) is 12.5. The number of alkyl halides is 2. The molecule has 2 aromatic rings. The fraction of sp³-hybridized carbons (Fsp3) is 0.133. The first-order valence-electron chi connectivity index (χ1n) is 6.54. The summed E-state index contributed by atoms with van der Waals surface area (Å²) in [5.41, 5.74) is -1.55. The largest absolute Gasteiger partial charge is 0.457 e. The molecule has 0 amide bonds. The highest BCUT2D eigenvalue weighted by atomic mass is 32.2. The van der Waals surface area contributed by atoms with Crippen LogP contribution in [0.25, 0.3) is 0 Å². The van der Waals surface area contributed by atoms with Crippen molar-refractivity contribution in [1.82, 2.24) is 0 Å². The Balaban J connectivity index is 2.16. The van der Waals surface area contributed by atoms with E-state index in [4.69, 9.17) is 4.74 Å². The molecule has 3 rings (SSSR count). The number of halogens is 4. The van der Waals surface area contributed by atoms with E-state index in [1.807, 2.05) is 0 Å². The van der Waals surface area contributed by atoms with Gasteiger partial charge in [-0.2, -0.15) is 0 Å². The predicted molar refractivity (Wildman–Crippen MR) is 74.2 cm³/mol. The van der Waals surface area contributed by atoms with Gasteiger partial charge in [-0.05, 0) is 12.1 Å². The van der Waals surface area contributed by atoms with Crippen LogP contribution in [0, 0.1) is 11.6 Å². The summed E-state index contributed by atoms with van der Waals surface area (Å²) >= 11 is 0. The molecule has 0 bridgehead atoms. The summed E-state index contributed by atoms with van der Waals surface area (Å²) in [6, 6.07) is 4.00. The Kier molecular flexibility index (Phi) is 3.83. The number of sulfone groups is 1. The molecule has 0 radical (unpaired) electrons. The molecule has 1 aliphatic heterocycles. The minimum absolute atomic E-state index is 0.400. The lowest BCUT2D eigenvalue weighted by Gasteiger charge is -2.13. The van der Waals surface area contributed by atoms with Crippen LogP contribution in [0.1, 0.15) is 22.3 Å². The van der Waals surface area contributed by atoms with Crippen molar-refractivity contribution < 1.29 is 35.5 Å². The van der Waals surface area contributed by atoms with Crippen LogP contribution in [0.15, 0.2) is 35.2 Å². The maximum absolute atomic E-state index is 13.4. The van der Waals surface area contributed by atoms with Crippen LogP contribution in [-0.2, 0) is 9.84 Å². The number of hydrogen-bond acceptors (Lipinski definition) is 4. The number of hydrogen-bond donors (Lipinski definition) is 0. The highest BCUT2D eigenvalue weighted by molar-refractivity contribution is 7.92. The smallest absolute Gasteiger partial charge is 0.268 e. The monoisotopic (exact) mass is 360 g/mol. The molecule has 1 aliphatic rings. The van der Waals surface area contributed by atoms with Gasteiger partial charge in [-0.15, -0.1) is 0 Å². The Morgan fingerprint density at radius 1 is 1.04 bits per heavy atom. The van der Waals surface area contributed by atoms with Gasteiger partial charge in [0.15, 0.2) is 15.6 Å². The minimum Gasteiger partial charge on any atom is -0.457 e. The minimum atomic E-state index is -3.97. The Morgan fingerprint density at radius 2 is 1.67 bits per heavy atom. The standard InChI is InChI=1S/C15H8F4O4S/c16-7-3-8(17)5-9(4-7)23-11-1-2-12-13(14(11)15(18)19)10(20)6-24(12,21)22/h1-5,15H,6H2. The maximum Gasteiger partial charge on any atom is 0.268 e. The molecule has 0 spiro atoms. The van der Waals surface area contributed by atoms with E-state index in [2.05, 4.69) is 0 Å². The van der Waals surface area contributed by atoms with Crippen molar-refractivity contribution in [3.05, 3.63) is 53.1 Å². The van der Waals surface area contributed by atoms with E-state index < -0.39 is 67.0 Å². The molecule has 4 nitrogen and oxygen atoms in total. The van der Waals surface area contributed by atoms with Gasteiger partial charge in [-0.25, -0.2) is 26.0 Å². The average Bonchev–Trinajstić information content (AvgIpc) is 2.67. The predicted octanol–water partition coefficient (Wildman–Crippen LogP) is 3.66. The fourth-order valence-corrected chi connectivity index (χ4v) is 3.92. The highest BCUT2D eigenvalue weighted by Crippen LogP contribution is 2.41. The number of ketones is 1. The average molecular weight is 360 g/mol. The first kappa shape index (κ1) is 16.4. The van der Waals surface area contributed by atoms with Crippen molar-refractivity contribution in [1.29, 1.82) is 0 Å². The van der Waals surface area contributed by atoms with Crippen molar-refractivity contribution in [2.75, 3.05) is 5.75 Å². The summed E-state index contributed by atoms with van der Waals surface area (Å²) in [5, 5.41) is 0. The summed E-state index contributed by atoms with van der Waals surface area (Å²) < 4.78 is 81.8. The van der Waals surface area contributed by atoms with E-state index >= 15 is 0 Å². The van der Waals surface area contributed by atoms with Gasteiger partial charge in [-0.3, -0.25) is 4.79 Å². The molecule has 0 aliphatic carbocycles. The molecule has 0 aromatic heterocycles. The Labute approximate surface area is 133 Å². The number of fused-ring (bicyclic) bond motifs is 1. The second-order valence-electron chi connectivity index (χ2n) is 5.04. The van der Waals surface area contributed by atoms with Crippen LogP contribution in [-0.4, -0.2) is 20.0 Å². The molecular formula is C15H8F4O4S. The normalized spacial score (nSPS) is 15.6. The van der Waals surface area contributed by atoms with Crippen LogP contribution in [0.4, 0.5) is 17.6 Å². The van der Waals surface area contributed by atoms with Gasteiger partial charge < -0.3 is 4.74 Å². The zero-order chi connectivity index (χ0) is 17.6.